The normalized spacial score (nSPS) is 18.2. The van der Waals surface area contributed by atoms with Crippen molar-refractivity contribution < 1.29 is 27.9 Å². The van der Waals surface area contributed by atoms with Crippen LogP contribution in [0.4, 0.5) is 13.2 Å². The van der Waals surface area contributed by atoms with Crippen molar-refractivity contribution in [1.29, 1.82) is 0 Å². The molecule has 1 aromatic carbocycles. The van der Waals surface area contributed by atoms with Crippen LogP contribution >= 0.6 is 0 Å². The number of rotatable bonds is 4. The maximum Gasteiger partial charge on any atom is 0.433 e. The molecule has 1 atom stereocenters. The molecule has 1 aromatic heterocycles. The zero-order valence-corrected chi connectivity index (χ0v) is 16.8. The Kier molecular flexibility index (Phi) is 6.12. The number of hydrogen-bond donors (Lipinski definition) is 1. The molecule has 0 bridgehead atoms. The molecule has 1 unspecified atom stereocenters. The van der Waals surface area contributed by atoms with Gasteiger partial charge >= 0.3 is 6.18 Å². The molecule has 30 heavy (non-hydrogen) atoms. The smallest absolute Gasteiger partial charge is 0.399 e. The lowest BCUT2D eigenvalue weighted by molar-refractivity contribution is -0.140. The largest absolute Gasteiger partial charge is 0.433 e. The average Bonchev–Trinajstić information content (AvgIpc) is 3.12. The van der Waals surface area contributed by atoms with Gasteiger partial charge in [0.05, 0.1) is 24.9 Å². The van der Waals surface area contributed by atoms with Gasteiger partial charge in [0, 0.05) is 12.0 Å². The second-order valence-corrected chi connectivity index (χ2v) is 7.15. The highest BCUT2D eigenvalue weighted by molar-refractivity contribution is 5.99. The highest BCUT2D eigenvalue weighted by atomic mass is 19.4. The van der Waals surface area contributed by atoms with Crippen molar-refractivity contribution in [2.45, 2.75) is 32.5 Å². The number of aryl methyl sites for hydroxylation is 1. The van der Waals surface area contributed by atoms with Crippen LogP contribution < -0.4 is 0 Å². The molecular weight excluding hydrogens is 399 g/mol. The van der Waals surface area contributed by atoms with Gasteiger partial charge in [-0.2, -0.15) is 13.2 Å². The number of aromatic nitrogens is 1. The van der Waals surface area contributed by atoms with E-state index in [0.717, 1.165) is 5.56 Å². The first-order valence-corrected chi connectivity index (χ1v) is 9.33. The van der Waals surface area contributed by atoms with E-state index in [0.29, 0.717) is 16.8 Å². The summed E-state index contributed by atoms with van der Waals surface area (Å²) in [7, 11) is 1.36. The number of carbonyl (C=O) groups is 1. The van der Waals surface area contributed by atoms with Crippen molar-refractivity contribution in [2.75, 3.05) is 20.3 Å². The Labute approximate surface area is 172 Å². The number of pyridine rings is 1. The number of aliphatic hydroxyl groups is 1. The minimum Gasteiger partial charge on any atom is -0.399 e. The van der Waals surface area contributed by atoms with E-state index in [1.165, 1.54) is 24.1 Å². The third-order valence-electron chi connectivity index (χ3n) is 5.23. The van der Waals surface area contributed by atoms with E-state index in [4.69, 9.17) is 4.84 Å². The number of carbonyl (C=O) groups excluding carboxylic acids is 1. The summed E-state index contributed by atoms with van der Waals surface area (Å²) in [6.45, 7) is 3.27. The van der Waals surface area contributed by atoms with Crippen molar-refractivity contribution in [3.8, 4) is 11.1 Å². The van der Waals surface area contributed by atoms with Crippen LogP contribution in [0.15, 0.2) is 35.5 Å². The fourth-order valence-electron chi connectivity index (χ4n) is 3.57. The van der Waals surface area contributed by atoms with Crippen LogP contribution in [0.2, 0.25) is 0 Å². The first-order valence-electron chi connectivity index (χ1n) is 9.33. The van der Waals surface area contributed by atoms with Crippen LogP contribution in [-0.2, 0) is 11.0 Å². The molecule has 0 saturated carbocycles. The lowest BCUT2D eigenvalue weighted by Crippen LogP contribution is -2.38. The number of halogens is 3. The topological polar surface area (TPSA) is 75.0 Å². The molecule has 0 aliphatic carbocycles. The molecular formula is C21H22F3N3O3. The number of oxime groups is 1. The Balaban J connectivity index is 2.05. The van der Waals surface area contributed by atoms with Crippen molar-refractivity contribution in [3.63, 3.8) is 0 Å². The van der Waals surface area contributed by atoms with Crippen LogP contribution in [0.3, 0.4) is 0 Å². The zero-order valence-electron chi connectivity index (χ0n) is 16.8. The van der Waals surface area contributed by atoms with E-state index in [2.05, 4.69) is 10.1 Å². The van der Waals surface area contributed by atoms with Gasteiger partial charge < -0.3 is 14.8 Å². The van der Waals surface area contributed by atoms with Crippen LogP contribution in [-0.4, -0.2) is 52.9 Å². The molecule has 3 rings (SSSR count). The van der Waals surface area contributed by atoms with Gasteiger partial charge in [-0.1, -0.05) is 23.4 Å². The summed E-state index contributed by atoms with van der Waals surface area (Å²) in [4.78, 5) is 22.6. The zero-order chi connectivity index (χ0) is 22.1. The third-order valence-corrected chi connectivity index (χ3v) is 5.23. The quantitative estimate of drug-likeness (QED) is 0.766. The molecule has 160 valence electrons. The second-order valence-electron chi connectivity index (χ2n) is 7.15. The van der Waals surface area contributed by atoms with Crippen LogP contribution in [0.25, 0.3) is 11.1 Å². The molecule has 6 nitrogen and oxygen atoms in total. The Morgan fingerprint density at radius 3 is 2.63 bits per heavy atom. The first-order chi connectivity index (χ1) is 14.2. The Morgan fingerprint density at radius 2 is 2.00 bits per heavy atom. The molecule has 2 aromatic rings. The second kappa shape index (κ2) is 8.43. The molecule has 9 heteroatoms. The number of benzene rings is 1. The van der Waals surface area contributed by atoms with Crippen molar-refractivity contribution in [2.24, 2.45) is 5.16 Å². The van der Waals surface area contributed by atoms with E-state index < -0.39 is 23.8 Å². The van der Waals surface area contributed by atoms with Gasteiger partial charge in [-0.15, -0.1) is 0 Å². The lowest BCUT2D eigenvalue weighted by atomic mass is 9.95. The molecule has 2 heterocycles. The fraction of sp³-hybridized carbons (Fsp3) is 0.381. The van der Waals surface area contributed by atoms with Crippen molar-refractivity contribution in [3.05, 3.63) is 52.8 Å². The number of amides is 1. The summed E-state index contributed by atoms with van der Waals surface area (Å²) < 4.78 is 41.5. The molecule has 1 saturated heterocycles. The Morgan fingerprint density at radius 1 is 1.27 bits per heavy atom. The molecule has 1 N–H and O–H groups in total. The standard InChI is InChI=1S/C21H22F3N3O3/c1-12-5-4-6-16(13(12)2)17-7-8-18(25-19(17)21(22,23)24)20(29)27-10-14(26-30-3)9-15(27)11-28/h4-8,15,28H,9-11H2,1-3H3/b26-14-. The lowest BCUT2D eigenvalue weighted by Gasteiger charge is -2.23. The van der Waals surface area contributed by atoms with Crippen molar-refractivity contribution in [1.82, 2.24) is 9.88 Å². The van der Waals surface area contributed by atoms with E-state index in [-0.39, 0.29) is 30.8 Å². The molecule has 1 aliphatic heterocycles. The van der Waals surface area contributed by atoms with Crippen molar-refractivity contribution >= 4 is 11.6 Å². The Bertz CT molecular complexity index is 989. The molecule has 1 fully saturated rings. The van der Waals surface area contributed by atoms with E-state index in [1.54, 1.807) is 19.1 Å². The SMILES string of the molecule is CO/N=C1/CC(CO)N(C(=O)c2ccc(-c3cccc(C)c3C)c(C(F)(F)F)n2)C1. The van der Waals surface area contributed by atoms with Gasteiger partial charge in [0.25, 0.3) is 5.91 Å². The van der Waals surface area contributed by atoms with Gasteiger partial charge in [-0.3, -0.25) is 4.79 Å². The predicted molar refractivity (Wildman–Crippen MR) is 105 cm³/mol. The van der Waals surface area contributed by atoms with E-state index in [1.807, 2.05) is 13.0 Å². The highest BCUT2D eigenvalue weighted by Gasteiger charge is 2.39. The minimum atomic E-state index is -4.74. The van der Waals surface area contributed by atoms with Gasteiger partial charge in [0.1, 0.15) is 12.8 Å². The van der Waals surface area contributed by atoms with Gasteiger partial charge in [0.2, 0.25) is 0 Å². The summed E-state index contributed by atoms with van der Waals surface area (Å²) in [5.41, 5.74) is 0.964. The van der Waals surface area contributed by atoms with Gasteiger partial charge in [-0.25, -0.2) is 4.98 Å². The Hall–Kier alpha value is -2.94. The summed E-state index contributed by atoms with van der Waals surface area (Å²) in [5.74, 6) is -0.701. The molecule has 0 radical (unpaired) electrons. The summed E-state index contributed by atoms with van der Waals surface area (Å²) in [6.07, 6.45) is -4.46. The monoisotopic (exact) mass is 421 g/mol. The van der Waals surface area contributed by atoms with Gasteiger partial charge in [-0.05, 0) is 42.7 Å². The van der Waals surface area contributed by atoms with Crippen LogP contribution in [0.1, 0.15) is 33.7 Å². The molecule has 1 amide bonds. The predicted octanol–water partition coefficient (Wildman–Crippen LogP) is 3.59. The van der Waals surface area contributed by atoms with Crippen LogP contribution in [0, 0.1) is 13.8 Å². The molecule has 1 aliphatic rings. The maximum absolute atomic E-state index is 13.8. The number of nitrogens with zero attached hydrogens (tertiary/aromatic N) is 3. The van der Waals surface area contributed by atoms with Gasteiger partial charge in [0.15, 0.2) is 5.69 Å². The number of likely N-dealkylation sites (tertiary alicyclic amines) is 1. The third kappa shape index (κ3) is 4.16. The number of alkyl halides is 3. The maximum atomic E-state index is 13.8. The minimum absolute atomic E-state index is 0.0552. The summed E-state index contributed by atoms with van der Waals surface area (Å²) in [6, 6.07) is 7.07. The van der Waals surface area contributed by atoms with E-state index >= 15 is 0 Å². The van der Waals surface area contributed by atoms with E-state index in [9.17, 15) is 23.1 Å². The first kappa shape index (κ1) is 21.8. The summed E-state index contributed by atoms with van der Waals surface area (Å²) >= 11 is 0. The number of hydrogen-bond acceptors (Lipinski definition) is 5. The average molecular weight is 421 g/mol. The highest BCUT2D eigenvalue weighted by Crippen LogP contribution is 2.37. The fourth-order valence-corrected chi connectivity index (χ4v) is 3.57. The molecule has 0 spiro atoms. The number of aliphatic hydroxyl groups excluding tert-OH is 1. The summed E-state index contributed by atoms with van der Waals surface area (Å²) in [5, 5.41) is 13.3. The van der Waals surface area contributed by atoms with Crippen LogP contribution in [0.5, 0.6) is 0 Å².